The summed E-state index contributed by atoms with van der Waals surface area (Å²) in [5.41, 5.74) is 0.170. The van der Waals surface area contributed by atoms with Crippen LogP contribution in [0.25, 0.3) is 16.8 Å². The van der Waals surface area contributed by atoms with Gasteiger partial charge in [0.1, 0.15) is 4.92 Å². The fraction of sp³-hybridized carbons (Fsp3) is 0. The fourth-order valence-electron chi connectivity index (χ4n) is 2.39. The lowest BCUT2D eigenvalue weighted by Crippen LogP contribution is -2.19. The summed E-state index contributed by atoms with van der Waals surface area (Å²) in [4.78, 5) is 37.2. The van der Waals surface area contributed by atoms with E-state index < -0.39 is 21.6 Å². The molecule has 2 aromatic heterocycles. The number of carbonyl (C=O) groups excluding carboxylic acids is 1. The van der Waals surface area contributed by atoms with Crippen LogP contribution in [0, 0.1) is 20.2 Å². The molecule has 12 nitrogen and oxygen atoms in total. The van der Waals surface area contributed by atoms with Crippen molar-refractivity contribution in [1.82, 2.24) is 15.5 Å². The lowest BCUT2D eigenvalue weighted by atomic mass is 10.1. The van der Waals surface area contributed by atoms with Crippen LogP contribution in [0.1, 0.15) is 5.56 Å². The molecule has 1 saturated heterocycles. The van der Waals surface area contributed by atoms with E-state index in [4.69, 9.17) is 4.42 Å². The lowest BCUT2D eigenvalue weighted by molar-refractivity contribution is -0.401. The molecular weight excluding hydrogens is 436 g/mol. The number of aliphatic imine (C=N–C) groups is 1. The first kappa shape index (κ1) is 19.4. The summed E-state index contributed by atoms with van der Waals surface area (Å²) >= 11 is 2.01. The molecule has 1 aliphatic rings. The Morgan fingerprint density at radius 2 is 1.90 bits per heavy atom. The molecule has 0 spiro atoms. The minimum Gasteiger partial charge on any atom is -0.398 e. The molecule has 14 heteroatoms. The van der Waals surface area contributed by atoms with Crippen LogP contribution >= 0.6 is 23.1 Å². The number of para-hydroxylation sites is 1. The van der Waals surface area contributed by atoms with Crippen molar-refractivity contribution in [2.75, 3.05) is 0 Å². The average Bonchev–Trinajstić information content (AvgIpc) is 3.43. The molecule has 1 aromatic carbocycles. The van der Waals surface area contributed by atoms with Gasteiger partial charge >= 0.3 is 5.88 Å². The molecule has 1 N–H and O–H groups in total. The van der Waals surface area contributed by atoms with Crippen molar-refractivity contribution in [3.8, 4) is 10.8 Å². The van der Waals surface area contributed by atoms with Crippen LogP contribution in [-0.4, -0.2) is 31.1 Å². The number of amides is 1. The Hall–Kier alpha value is -3.91. The number of furan rings is 1. The van der Waals surface area contributed by atoms with E-state index in [-0.39, 0.29) is 31.7 Å². The van der Waals surface area contributed by atoms with Crippen LogP contribution < -0.4 is 5.32 Å². The predicted molar refractivity (Wildman–Crippen MR) is 108 cm³/mol. The molecule has 3 aromatic rings. The molecule has 0 unspecified atom stereocenters. The summed E-state index contributed by atoms with van der Waals surface area (Å²) in [6.07, 6.45) is 1.41. The molecule has 1 fully saturated rings. The van der Waals surface area contributed by atoms with Gasteiger partial charge in [0.25, 0.3) is 11.6 Å². The zero-order valence-corrected chi connectivity index (χ0v) is 16.2. The highest BCUT2D eigenvalue weighted by Crippen LogP contribution is 2.34. The molecule has 0 bridgehead atoms. The van der Waals surface area contributed by atoms with Crippen molar-refractivity contribution in [1.29, 1.82) is 0 Å². The number of rotatable bonds is 5. The number of amidine groups is 1. The number of nitrogens with one attached hydrogen (secondary N) is 1. The van der Waals surface area contributed by atoms with Crippen molar-refractivity contribution in [3.63, 3.8) is 0 Å². The Balaban J connectivity index is 1.55. The predicted octanol–water partition coefficient (Wildman–Crippen LogP) is 3.51. The van der Waals surface area contributed by atoms with Gasteiger partial charge in [0.2, 0.25) is 5.13 Å². The van der Waals surface area contributed by atoms with Crippen LogP contribution in [0.3, 0.4) is 0 Å². The Morgan fingerprint density at radius 3 is 2.63 bits per heavy atom. The molecule has 3 heterocycles. The number of benzene rings is 1. The highest BCUT2D eigenvalue weighted by atomic mass is 32.2. The maximum absolute atomic E-state index is 12.2. The van der Waals surface area contributed by atoms with Crippen LogP contribution in [0.4, 0.5) is 16.7 Å². The quantitative estimate of drug-likeness (QED) is 0.352. The molecule has 0 atom stereocenters. The number of aromatic nitrogens is 2. The number of carbonyl (C=O) groups is 1. The molecule has 30 heavy (non-hydrogen) atoms. The SMILES string of the molecule is O=C1NC(=Nc2nnc(-c3ccc([N+](=O)[O-])o3)s2)SC1=Cc1ccccc1[N+](=O)[O-]. The van der Waals surface area contributed by atoms with Gasteiger partial charge < -0.3 is 9.73 Å². The summed E-state index contributed by atoms with van der Waals surface area (Å²) in [5, 5.41) is 32.8. The Kier molecular flexibility index (Phi) is 5.07. The molecule has 0 radical (unpaired) electrons. The second-order valence-electron chi connectivity index (χ2n) is 5.58. The van der Waals surface area contributed by atoms with Crippen LogP contribution in [0.5, 0.6) is 0 Å². The minimum atomic E-state index is -0.665. The van der Waals surface area contributed by atoms with E-state index in [1.54, 1.807) is 6.07 Å². The van der Waals surface area contributed by atoms with E-state index in [1.165, 1.54) is 36.4 Å². The third kappa shape index (κ3) is 3.94. The van der Waals surface area contributed by atoms with Gasteiger partial charge in [-0.05, 0) is 30.0 Å². The van der Waals surface area contributed by atoms with Gasteiger partial charge in [0.05, 0.1) is 21.5 Å². The Bertz CT molecular complexity index is 1250. The van der Waals surface area contributed by atoms with Gasteiger partial charge in [-0.3, -0.25) is 25.0 Å². The highest BCUT2D eigenvalue weighted by molar-refractivity contribution is 8.18. The maximum Gasteiger partial charge on any atom is 0.433 e. The summed E-state index contributed by atoms with van der Waals surface area (Å²) in [5.74, 6) is -0.703. The Morgan fingerprint density at radius 1 is 1.10 bits per heavy atom. The normalized spacial score (nSPS) is 16.2. The highest BCUT2D eigenvalue weighted by Gasteiger charge is 2.26. The third-order valence-electron chi connectivity index (χ3n) is 3.66. The van der Waals surface area contributed by atoms with Crippen LogP contribution in [0.2, 0.25) is 0 Å². The topological polar surface area (TPSA) is 167 Å². The van der Waals surface area contributed by atoms with E-state index in [9.17, 15) is 25.0 Å². The monoisotopic (exact) mass is 444 g/mol. The lowest BCUT2D eigenvalue weighted by Gasteiger charge is -1.97. The zero-order valence-electron chi connectivity index (χ0n) is 14.5. The fourth-order valence-corrected chi connectivity index (χ4v) is 3.94. The van der Waals surface area contributed by atoms with Gasteiger partial charge in [-0.1, -0.05) is 23.5 Å². The maximum atomic E-state index is 12.2. The summed E-state index contributed by atoms with van der Waals surface area (Å²) in [6.45, 7) is 0. The van der Waals surface area contributed by atoms with Crippen molar-refractivity contribution >= 4 is 57.0 Å². The van der Waals surface area contributed by atoms with Crippen molar-refractivity contribution in [2.45, 2.75) is 0 Å². The molecule has 4 rings (SSSR count). The Labute approximate surface area is 174 Å². The third-order valence-corrected chi connectivity index (χ3v) is 5.41. The summed E-state index contributed by atoms with van der Waals surface area (Å²) in [6, 6.07) is 8.65. The first-order valence-electron chi connectivity index (χ1n) is 8.02. The van der Waals surface area contributed by atoms with Crippen LogP contribution in [0.15, 0.2) is 50.7 Å². The minimum absolute atomic E-state index is 0.120. The average molecular weight is 444 g/mol. The summed E-state index contributed by atoms with van der Waals surface area (Å²) < 4.78 is 5.07. The molecule has 1 amide bonds. The molecular formula is C16H8N6O6S2. The standard InChI is InChI=1S/C16H8N6O6S2/c23-13-11(7-8-3-1-2-4-9(8)21(24)25)29-15(17-13)18-16-20-19-14(30-16)10-5-6-12(28-10)22(26)27/h1-7H,(H,17,18,20,23). The molecule has 1 aliphatic heterocycles. The van der Waals surface area contributed by atoms with Gasteiger partial charge in [-0.15, -0.1) is 10.2 Å². The van der Waals surface area contributed by atoms with Gasteiger partial charge in [-0.25, -0.2) is 0 Å². The summed E-state index contributed by atoms with van der Waals surface area (Å²) in [7, 11) is 0. The van der Waals surface area contributed by atoms with E-state index in [1.807, 2.05) is 0 Å². The van der Waals surface area contributed by atoms with E-state index >= 15 is 0 Å². The van der Waals surface area contributed by atoms with Gasteiger partial charge in [0.15, 0.2) is 15.9 Å². The number of nitrogens with zero attached hydrogens (tertiary/aromatic N) is 5. The number of hydrogen-bond donors (Lipinski definition) is 1. The first-order valence-corrected chi connectivity index (χ1v) is 9.65. The van der Waals surface area contributed by atoms with E-state index in [0.717, 1.165) is 23.1 Å². The number of thioether (sulfide) groups is 1. The zero-order chi connectivity index (χ0) is 21.3. The van der Waals surface area contributed by atoms with Crippen molar-refractivity contribution in [2.24, 2.45) is 4.99 Å². The van der Waals surface area contributed by atoms with E-state index in [0.29, 0.717) is 5.56 Å². The first-order chi connectivity index (χ1) is 14.4. The smallest absolute Gasteiger partial charge is 0.398 e. The second-order valence-corrected chi connectivity index (χ2v) is 7.57. The van der Waals surface area contributed by atoms with E-state index in [2.05, 4.69) is 20.5 Å². The van der Waals surface area contributed by atoms with Gasteiger partial charge in [-0.2, -0.15) is 4.99 Å². The van der Waals surface area contributed by atoms with Crippen molar-refractivity contribution in [3.05, 3.63) is 67.1 Å². The van der Waals surface area contributed by atoms with Crippen molar-refractivity contribution < 1.29 is 19.1 Å². The molecule has 150 valence electrons. The van der Waals surface area contributed by atoms with Gasteiger partial charge in [0, 0.05) is 6.07 Å². The number of nitro groups is 2. The van der Waals surface area contributed by atoms with Crippen LogP contribution in [-0.2, 0) is 4.79 Å². The molecule has 0 saturated carbocycles. The number of hydrogen-bond acceptors (Lipinski definition) is 11. The largest absolute Gasteiger partial charge is 0.433 e. The number of nitro benzene ring substituents is 1. The molecule has 0 aliphatic carbocycles. The second kappa shape index (κ2) is 7.84.